The summed E-state index contributed by atoms with van der Waals surface area (Å²) >= 11 is 0. The summed E-state index contributed by atoms with van der Waals surface area (Å²) < 4.78 is 0. The molecule has 2 fully saturated rings. The molecule has 2 heterocycles. The van der Waals surface area contributed by atoms with E-state index in [9.17, 15) is 0 Å². The Kier molecular flexibility index (Phi) is 4.45. The lowest BCUT2D eigenvalue weighted by atomic mass is 9.85. The van der Waals surface area contributed by atoms with Crippen LogP contribution in [0.1, 0.15) is 38.2 Å². The number of aromatic nitrogens is 1. The number of nitrogens with one attached hydrogen (secondary N) is 1. The monoisotopic (exact) mass is 288 g/mol. The molecule has 1 N–H and O–H groups in total. The molecule has 0 aromatic carbocycles. The van der Waals surface area contributed by atoms with E-state index in [4.69, 9.17) is 0 Å². The Balaban J connectivity index is 1.47. The molecule has 0 atom stereocenters. The van der Waals surface area contributed by atoms with Gasteiger partial charge in [-0.25, -0.2) is 0 Å². The highest BCUT2D eigenvalue weighted by molar-refractivity contribution is 5.45. The Morgan fingerprint density at radius 3 is 2.52 bits per heavy atom. The van der Waals surface area contributed by atoms with Gasteiger partial charge in [0.1, 0.15) is 0 Å². The third-order valence-electron chi connectivity index (χ3n) is 4.96. The van der Waals surface area contributed by atoms with Gasteiger partial charge in [-0.15, -0.1) is 0 Å². The summed E-state index contributed by atoms with van der Waals surface area (Å²) in [6.07, 6.45) is 6.48. The van der Waals surface area contributed by atoms with Crippen LogP contribution in [0.4, 0.5) is 5.69 Å². The molecule has 1 aliphatic carbocycles. The summed E-state index contributed by atoms with van der Waals surface area (Å²) in [7, 11) is 2.22. The van der Waals surface area contributed by atoms with E-state index in [1.54, 1.807) is 0 Å². The fourth-order valence-electron chi connectivity index (χ4n) is 3.28. The highest BCUT2D eigenvalue weighted by atomic mass is 15.3. The number of hydrogen-bond donors (Lipinski definition) is 1. The van der Waals surface area contributed by atoms with Crippen LogP contribution in [0.2, 0.25) is 0 Å². The van der Waals surface area contributed by atoms with Gasteiger partial charge in [0.2, 0.25) is 0 Å². The fraction of sp³-hybridized carbons (Fsp3) is 0.706. The average Bonchev–Trinajstić information content (AvgIpc) is 2.44. The predicted molar refractivity (Wildman–Crippen MR) is 87.8 cm³/mol. The normalized spacial score (nSPS) is 27.6. The van der Waals surface area contributed by atoms with Gasteiger partial charge in [-0.1, -0.05) is 13.8 Å². The van der Waals surface area contributed by atoms with Crippen molar-refractivity contribution in [3.63, 3.8) is 0 Å². The second kappa shape index (κ2) is 6.32. The largest absolute Gasteiger partial charge is 0.381 e. The van der Waals surface area contributed by atoms with E-state index in [0.717, 1.165) is 6.04 Å². The zero-order valence-electron chi connectivity index (χ0n) is 13.5. The number of anilines is 1. The third-order valence-corrected chi connectivity index (χ3v) is 4.96. The summed E-state index contributed by atoms with van der Waals surface area (Å²) in [5.41, 5.74) is 2.50. The van der Waals surface area contributed by atoms with Gasteiger partial charge < -0.3 is 10.2 Å². The van der Waals surface area contributed by atoms with Gasteiger partial charge in [0.15, 0.2) is 0 Å². The lowest BCUT2D eigenvalue weighted by Gasteiger charge is -2.46. The average molecular weight is 288 g/mol. The maximum atomic E-state index is 4.36. The Hall–Kier alpha value is -1.13. The number of rotatable bonds is 4. The zero-order chi connectivity index (χ0) is 14.8. The highest BCUT2D eigenvalue weighted by Crippen LogP contribution is 2.29. The first-order chi connectivity index (χ1) is 10.1. The molecule has 0 amide bonds. The summed E-state index contributed by atoms with van der Waals surface area (Å²) in [5, 5.41) is 3.65. The first-order valence-electron chi connectivity index (χ1n) is 8.26. The Morgan fingerprint density at radius 2 is 1.86 bits per heavy atom. The van der Waals surface area contributed by atoms with Crippen LogP contribution in [0, 0.1) is 0 Å². The van der Waals surface area contributed by atoms with Gasteiger partial charge in [0.25, 0.3) is 0 Å². The molecular formula is C17H28N4. The first kappa shape index (κ1) is 14.8. The molecular weight excluding hydrogens is 260 g/mol. The summed E-state index contributed by atoms with van der Waals surface area (Å²) in [5.74, 6) is 0.540. The lowest BCUT2D eigenvalue weighted by molar-refractivity contribution is 0.0657. The molecule has 0 spiro atoms. The molecule has 0 bridgehead atoms. The molecule has 0 radical (unpaired) electrons. The lowest BCUT2D eigenvalue weighted by Crippen LogP contribution is -2.55. The van der Waals surface area contributed by atoms with Crippen LogP contribution in [0.3, 0.4) is 0 Å². The van der Waals surface area contributed by atoms with Crippen LogP contribution in [-0.4, -0.2) is 60.1 Å². The summed E-state index contributed by atoms with van der Waals surface area (Å²) in [6.45, 7) is 9.33. The van der Waals surface area contributed by atoms with Crippen molar-refractivity contribution in [2.45, 2.75) is 44.7 Å². The van der Waals surface area contributed by atoms with Crippen LogP contribution in [0.5, 0.6) is 0 Å². The zero-order valence-corrected chi connectivity index (χ0v) is 13.5. The van der Waals surface area contributed by atoms with Crippen LogP contribution < -0.4 is 5.32 Å². The van der Waals surface area contributed by atoms with Crippen molar-refractivity contribution >= 4 is 5.69 Å². The number of hydrogen-bond acceptors (Lipinski definition) is 4. The topological polar surface area (TPSA) is 31.4 Å². The SMILES string of the molecule is CC(C)c1cncc(NC2CC(N3CCN(C)CC3)C2)c1. The molecule has 3 rings (SSSR count). The van der Waals surface area contributed by atoms with Crippen molar-refractivity contribution < 1.29 is 0 Å². The number of pyridine rings is 1. The van der Waals surface area contributed by atoms with E-state index in [1.807, 2.05) is 12.4 Å². The Bertz CT molecular complexity index is 460. The second-order valence-corrected chi connectivity index (χ2v) is 6.97. The highest BCUT2D eigenvalue weighted by Gasteiger charge is 2.34. The number of nitrogens with zero attached hydrogens (tertiary/aromatic N) is 3. The van der Waals surface area contributed by atoms with E-state index in [-0.39, 0.29) is 0 Å². The molecule has 1 aliphatic heterocycles. The van der Waals surface area contributed by atoms with Gasteiger partial charge in [-0.3, -0.25) is 9.88 Å². The van der Waals surface area contributed by atoms with Crippen molar-refractivity contribution in [1.29, 1.82) is 0 Å². The minimum absolute atomic E-state index is 0.540. The fourth-order valence-corrected chi connectivity index (χ4v) is 3.28. The molecule has 1 saturated carbocycles. The van der Waals surface area contributed by atoms with Crippen molar-refractivity contribution in [2.24, 2.45) is 0 Å². The van der Waals surface area contributed by atoms with E-state index >= 15 is 0 Å². The van der Waals surface area contributed by atoms with Crippen LogP contribution in [0.25, 0.3) is 0 Å². The van der Waals surface area contributed by atoms with Crippen LogP contribution in [0.15, 0.2) is 18.5 Å². The van der Waals surface area contributed by atoms with Gasteiger partial charge in [0.05, 0.1) is 5.69 Å². The Morgan fingerprint density at radius 1 is 1.14 bits per heavy atom. The third kappa shape index (κ3) is 3.55. The summed E-state index contributed by atoms with van der Waals surface area (Å²) in [6, 6.07) is 3.66. The molecule has 0 unspecified atom stereocenters. The van der Waals surface area contributed by atoms with Crippen LogP contribution >= 0.6 is 0 Å². The minimum Gasteiger partial charge on any atom is -0.381 e. The second-order valence-electron chi connectivity index (χ2n) is 6.97. The smallest absolute Gasteiger partial charge is 0.0531 e. The summed E-state index contributed by atoms with van der Waals surface area (Å²) in [4.78, 5) is 9.45. The maximum Gasteiger partial charge on any atom is 0.0531 e. The molecule has 1 aromatic heterocycles. The van der Waals surface area contributed by atoms with E-state index < -0.39 is 0 Å². The van der Waals surface area contributed by atoms with Crippen LogP contribution in [-0.2, 0) is 0 Å². The molecule has 4 nitrogen and oxygen atoms in total. The number of likely N-dealkylation sites (N-methyl/N-ethyl adjacent to an activating group) is 1. The predicted octanol–water partition coefficient (Wildman–Crippen LogP) is 2.40. The standard InChI is InChI=1S/C17H28N4/c1-13(2)14-8-16(12-18-11-14)19-15-9-17(10-15)21-6-4-20(3)5-7-21/h8,11-13,15,17,19H,4-7,9-10H2,1-3H3. The molecule has 1 saturated heterocycles. The molecule has 21 heavy (non-hydrogen) atoms. The molecule has 116 valence electrons. The Labute approximate surface area is 128 Å². The van der Waals surface area contributed by atoms with Crippen molar-refractivity contribution in [1.82, 2.24) is 14.8 Å². The minimum atomic E-state index is 0.540. The molecule has 4 heteroatoms. The van der Waals surface area contributed by atoms with Crippen molar-refractivity contribution in [2.75, 3.05) is 38.5 Å². The van der Waals surface area contributed by atoms with Crippen molar-refractivity contribution in [3.05, 3.63) is 24.0 Å². The molecule has 2 aliphatic rings. The molecule has 1 aromatic rings. The van der Waals surface area contributed by atoms with Crippen molar-refractivity contribution in [3.8, 4) is 0 Å². The van der Waals surface area contributed by atoms with Gasteiger partial charge in [-0.2, -0.15) is 0 Å². The van der Waals surface area contributed by atoms with Gasteiger partial charge in [0, 0.05) is 50.7 Å². The first-order valence-corrected chi connectivity index (χ1v) is 8.26. The quantitative estimate of drug-likeness (QED) is 0.922. The van der Waals surface area contributed by atoms with E-state index in [2.05, 4.69) is 47.1 Å². The van der Waals surface area contributed by atoms with E-state index in [1.165, 1.54) is 50.3 Å². The van der Waals surface area contributed by atoms with Gasteiger partial charge in [-0.05, 0) is 37.4 Å². The van der Waals surface area contributed by atoms with E-state index in [0.29, 0.717) is 12.0 Å². The maximum absolute atomic E-state index is 4.36. The van der Waals surface area contributed by atoms with Gasteiger partial charge >= 0.3 is 0 Å². The number of piperazine rings is 1.